The molecule has 1 aromatic rings. The third-order valence-electron chi connectivity index (χ3n) is 3.39. The summed E-state index contributed by atoms with van der Waals surface area (Å²) in [5, 5.41) is 12.5. The van der Waals surface area contributed by atoms with E-state index in [0.29, 0.717) is 18.7 Å². The van der Waals surface area contributed by atoms with Gasteiger partial charge < -0.3 is 10.1 Å². The summed E-state index contributed by atoms with van der Waals surface area (Å²) >= 11 is 0. The number of benzene rings is 1. The second-order valence-corrected chi connectivity index (χ2v) is 4.22. The van der Waals surface area contributed by atoms with Crippen LogP contribution in [0.1, 0.15) is 24.0 Å². The lowest BCUT2D eigenvalue weighted by Crippen LogP contribution is -2.42. The highest BCUT2D eigenvalue weighted by molar-refractivity contribution is 6.09. The Labute approximate surface area is 93.2 Å². The first-order valence-corrected chi connectivity index (χ1v) is 5.41. The van der Waals surface area contributed by atoms with E-state index in [1.807, 2.05) is 24.3 Å². The fraction of sp³-hybridized carbons (Fsp3) is 0.333. The summed E-state index contributed by atoms with van der Waals surface area (Å²) in [4.78, 5) is 13.5. The molecular formula is C12H12N2O2. The van der Waals surface area contributed by atoms with E-state index in [-0.39, 0.29) is 11.9 Å². The molecule has 1 unspecified atom stereocenters. The molecule has 0 radical (unpaired) electrons. The molecule has 4 nitrogen and oxygen atoms in total. The fourth-order valence-electron chi connectivity index (χ4n) is 2.61. The Morgan fingerprint density at radius 3 is 3.00 bits per heavy atom. The number of carbonyl (C=O) groups is 1. The van der Waals surface area contributed by atoms with Gasteiger partial charge in [0, 0.05) is 18.5 Å². The Hall–Kier alpha value is -1.84. The van der Waals surface area contributed by atoms with Crippen molar-refractivity contribution in [3.05, 3.63) is 35.4 Å². The van der Waals surface area contributed by atoms with Gasteiger partial charge in [-0.1, -0.05) is 29.4 Å². The zero-order valence-electron chi connectivity index (χ0n) is 8.76. The van der Waals surface area contributed by atoms with Crippen LogP contribution in [0.25, 0.3) is 0 Å². The van der Waals surface area contributed by atoms with Crippen LogP contribution >= 0.6 is 0 Å². The number of hydrogen-bond acceptors (Lipinski definition) is 3. The summed E-state index contributed by atoms with van der Waals surface area (Å²) in [6.07, 6.45) is 1.31. The van der Waals surface area contributed by atoms with Crippen LogP contribution in [0.15, 0.2) is 29.4 Å². The van der Waals surface area contributed by atoms with E-state index >= 15 is 0 Å². The molecular weight excluding hydrogens is 204 g/mol. The molecule has 0 spiro atoms. The minimum atomic E-state index is -0.0348. The van der Waals surface area contributed by atoms with Crippen LogP contribution < -0.4 is 0 Å². The smallest absolute Gasteiger partial charge is 0.223 e. The number of nitrogens with zero attached hydrogens (tertiary/aromatic N) is 2. The monoisotopic (exact) mass is 216 g/mol. The zero-order chi connectivity index (χ0) is 11.1. The summed E-state index contributed by atoms with van der Waals surface area (Å²) < 4.78 is 0. The molecule has 82 valence electrons. The molecule has 0 bridgehead atoms. The number of oxime groups is 1. The molecule has 1 saturated heterocycles. The van der Waals surface area contributed by atoms with Crippen LogP contribution in [0.5, 0.6) is 0 Å². The van der Waals surface area contributed by atoms with E-state index < -0.39 is 0 Å². The molecule has 1 fully saturated rings. The molecule has 16 heavy (non-hydrogen) atoms. The molecule has 1 aromatic carbocycles. The molecule has 4 heteroatoms. The van der Waals surface area contributed by atoms with Gasteiger partial charge in [-0.05, 0) is 12.0 Å². The zero-order valence-corrected chi connectivity index (χ0v) is 8.76. The summed E-state index contributed by atoms with van der Waals surface area (Å²) in [7, 11) is 0. The van der Waals surface area contributed by atoms with Crippen molar-refractivity contribution in [2.24, 2.45) is 5.16 Å². The van der Waals surface area contributed by atoms with Crippen LogP contribution in [0.3, 0.4) is 0 Å². The highest BCUT2D eigenvalue weighted by Crippen LogP contribution is 2.31. The van der Waals surface area contributed by atoms with Crippen molar-refractivity contribution in [2.75, 3.05) is 0 Å². The number of carbonyl (C=O) groups excluding carboxylic acids is 1. The summed E-state index contributed by atoms with van der Waals surface area (Å²) in [5.74, 6) is 0.153. The van der Waals surface area contributed by atoms with E-state index in [9.17, 15) is 4.79 Å². The number of rotatable bonds is 0. The molecule has 2 aliphatic heterocycles. The SMILES string of the molecule is O=C1CCC2C(=NO)c3ccccc3CN12. The molecule has 0 aromatic heterocycles. The number of fused-ring (bicyclic) bond motifs is 2. The average molecular weight is 216 g/mol. The van der Waals surface area contributed by atoms with Crippen molar-refractivity contribution in [3.8, 4) is 0 Å². The van der Waals surface area contributed by atoms with Crippen molar-refractivity contribution in [3.63, 3.8) is 0 Å². The number of hydrogen-bond donors (Lipinski definition) is 1. The summed E-state index contributed by atoms with van der Waals surface area (Å²) in [6, 6.07) is 7.75. The van der Waals surface area contributed by atoms with Crippen LogP contribution in [0, 0.1) is 0 Å². The normalized spacial score (nSPS) is 25.8. The van der Waals surface area contributed by atoms with Crippen LogP contribution in [0.4, 0.5) is 0 Å². The lowest BCUT2D eigenvalue weighted by Gasteiger charge is -2.31. The van der Waals surface area contributed by atoms with Gasteiger partial charge in [-0.15, -0.1) is 0 Å². The number of amides is 1. The maximum absolute atomic E-state index is 11.7. The van der Waals surface area contributed by atoms with Gasteiger partial charge in [0.05, 0.1) is 6.04 Å². The Balaban J connectivity index is 2.13. The minimum Gasteiger partial charge on any atom is -0.411 e. The molecule has 1 atom stereocenters. The third-order valence-corrected chi connectivity index (χ3v) is 3.39. The van der Waals surface area contributed by atoms with Crippen molar-refractivity contribution >= 4 is 11.6 Å². The first kappa shape index (κ1) is 9.39. The average Bonchev–Trinajstić information content (AvgIpc) is 2.68. The van der Waals surface area contributed by atoms with Crippen LogP contribution in [-0.4, -0.2) is 27.8 Å². The van der Waals surface area contributed by atoms with E-state index in [4.69, 9.17) is 5.21 Å². The lowest BCUT2D eigenvalue weighted by molar-refractivity contribution is -0.128. The Bertz CT molecular complexity index is 482. The van der Waals surface area contributed by atoms with Gasteiger partial charge in [0.15, 0.2) is 0 Å². The van der Waals surface area contributed by atoms with Gasteiger partial charge in [-0.2, -0.15) is 0 Å². The van der Waals surface area contributed by atoms with E-state index in [2.05, 4.69) is 5.16 Å². The van der Waals surface area contributed by atoms with E-state index in [1.54, 1.807) is 4.90 Å². The maximum atomic E-state index is 11.7. The van der Waals surface area contributed by atoms with Gasteiger partial charge in [0.25, 0.3) is 0 Å². The molecule has 0 aliphatic carbocycles. The summed E-state index contributed by atoms with van der Waals surface area (Å²) in [6.45, 7) is 0.638. The molecule has 0 saturated carbocycles. The minimum absolute atomic E-state index is 0.0348. The van der Waals surface area contributed by atoms with E-state index in [0.717, 1.165) is 17.5 Å². The lowest BCUT2D eigenvalue weighted by atomic mass is 9.92. The Morgan fingerprint density at radius 2 is 2.19 bits per heavy atom. The largest absolute Gasteiger partial charge is 0.411 e. The predicted molar refractivity (Wildman–Crippen MR) is 58.3 cm³/mol. The second kappa shape index (κ2) is 3.33. The Morgan fingerprint density at radius 1 is 1.38 bits per heavy atom. The highest BCUT2D eigenvalue weighted by atomic mass is 16.4. The summed E-state index contributed by atoms with van der Waals surface area (Å²) in [5.41, 5.74) is 2.66. The first-order chi connectivity index (χ1) is 7.81. The van der Waals surface area contributed by atoms with Crippen molar-refractivity contribution < 1.29 is 10.0 Å². The van der Waals surface area contributed by atoms with Gasteiger partial charge in [0.2, 0.25) is 5.91 Å². The van der Waals surface area contributed by atoms with Crippen LogP contribution in [-0.2, 0) is 11.3 Å². The highest BCUT2D eigenvalue weighted by Gasteiger charge is 2.39. The maximum Gasteiger partial charge on any atom is 0.223 e. The van der Waals surface area contributed by atoms with Crippen LogP contribution in [0.2, 0.25) is 0 Å². The quantitative estimate of drug-likeness (QED) is 0.526. The molecule has 2 heterocycles. The molecule has 1 amide bonds. The van der Waals surface area contributed by atoms with Crippen molar-refractivity contribution in [1.82, 2.24) is 4.90 Å². The van der Waals surface area contributed by atoms with E-state index in [1.165, 1.54) is 0 Å². The standard InChI is InChI=1S/C12H12N2O2/c15-11-6-5-10-12(13-16)9-4-2-1-3-8(9)7-14(10)11/h1-4,10,16H,5-7H2. The molecule has 2 aliphatic rings. The topological polar surface area (TPSA) is 52.9 Å². The van der Waals surface area contributed by atoms with Gasteiger partial charge >= 0.3 is 0 Å². The first-order valence-electron chi connectivity index (χ1n) is 5.41. The second-order valence-electron chi connectivity index (χ2n) is 4.22. The Kier molecular flexibility index (Phi) is 1.96. The molecule has 3 rings (SSSR count). The molecule has 1 N–H and O–H groups in total. The van der Waals surface area contributed by atoms with Gasteiger partial charge in [-0.3, -0.25) is 4.79 Å². The fourth-order valence-corrected chi connectivity index (χ4v) is 2.61. The van der Waals surface area contributed by atoms with Crippen molar-refractivity contribution in [1.29, 1.82) is 0 Å². The van der Waals surface area contributed by atoms with Gasteiger partial charge in [0.1, 0.15) is 5.71 Å². The predicted octanol–water partition coefficient (Wildman–Crippen LogP) is 1.37. The van der Waals surface area contributed by atoms with Gasteiger partial charge in [-0.25, -0.2) is 0 Å². The third kappa shape index (κ3) is 1.16. The van der Waals surface area contributed by atoms with Crippen molar-refractivity contribution in [2.45, 2.75) is 25.4 Å².